The fourth-order valence-corrected chi connectivity index (χ4v) is 3.54. The lowest BCUT2D eigenvalue weighted by molar-refractivity contribution is 0.305. The van der Waals surface area contributed by atoms with E-state index >= 15 is 0 Å². The van der Waals surface area contributed by atoms with Gasteiger partial charge in [0.05, 0.1) is 0 Å². The molecule has 1 unspecified atom stereocenters. The molecule has 1 fully saturated rings. The highest BCUT2D eigenvalue weighted by Gasteiger charge is 2.20. The predicted octanol–water partition coefficient (Wildman–Crippen LogP) is 4.99. The second-order valence-corrected chi connectivity index (χ2v) is 6.39. The van der Waals surface area contributed by atoms with E-state index < -0.39 is 0 Å². The van der Waals surface area contributed by atoms with Crippen LogP contribution >= 0.6 is 15.9 Å². The quantitative estimate of drug-likeness (QED) is 0.826. The maximum absolute atomic E-state index is 3.64. The molecule has 0 spiro atoms. The summed E-state index contributed by atoms with van der Waals surface area (Å²) in [4.78, 5) is 0. The molecule has 1 aliphatic rings. The van der Waals surface area contributed by atoms with Crippen molar-refractivity contribution >= 4 is 15.9 Å². The molecule has 1 atom stereocenters. The van der Waals surface area contributed by atoms with Crippen LogP contribution in [0, 0.1) is 12.8 Å². The number of benzene rings is 1. The second kappa shape index (κ2) is 6.72. The average molecular weight is 310 g/mol. The molecule has 2 heteroatoms. The predicted molar refractivity (Wildman–Crippen MR) is 81.9 cm³/mol. The van der Waals surface area contributed by atoms with Crippen molar-refractivity contribution < 1.29 is 0 Å². The number of hydrogen-bond acceptors (Lipinski definition) is 1. The molecule has 0 heterocycles. The molecule has 100 valence electrons. The smallest absolute Gasteiger partial charge is 0.0323 e. The first-order valence-corrected chi connectivity index (χ1v) is 7.94. The van der Waals surface area contributed by atoms with Crippen molar-refractivity contribution in [1.29, 1.82) is 0 Å². The molecular weight excluding hydrogens is 286 g/mol. The van der Waals surface area contributed by atoms with Gasteiger partial charge in [-0.1, -0.05) is 60.2 Å². The molecule has 1 aliphatic carbocycles. The van der Waals surface area contributed by atoms with Gasteiger partial charge in [0.15, 0.2) is 0 Å². The summed E-state index contributed by atoms with van der Waals surface area (Å²) in [5.74, 6) is 0.912. The highest BCUT2D eigenvalue weighted by atomic mass is 79.9. The van der Waals surface area contributed by atoms with Gasteiger partial charge in [0.1, 0.15) is 0 Å². The summed E-state index contributed by atoms with van der Waals surface area (Å²) >= 11 is 3.64. The summed E-state index contributed by atoms with van der Waals surface area (Å²) in [6.07, 6.45) is 8.43. The Balaban J connectivity index is 2.09. The van der Waals surface area contributed by atoms with Crippen molar-refractivity contribution in [2.24, 2.45) is 5.92 Å². The largest absolute Gasteiger partial charge is 0.313 e. The van der Waals surface area contributed by atoms with Crippen LogP contribution in [0.15, 0.2) is 22.7 Å². The van der Waals surface area contributed by atoms with E-state index in [1.54, 1.807) is 0 Å². The Morgan fingerprint density at radius 1 is 1.28 bits per heavy atom. The molecule has 1 N–H and O–H groups in total. The lowest BCUT2D eigenvalue weighted by atomic mass is 9.83. The Morgan fingerprint density at radius 3 is 2.67 bits per heavy atom. The fraction of sp³-hybridized carbons (Fsp3) is 0.625. The lowest BCUT2D eigenvalue weighted by Crippen LogP contribution is -2.22. The zero-order valence-corrected chi connectivity index (χ0v) is 13.1. The summed E-state index contributed by atoms with van der Waals surface area (Å²) in [7, 11) is 2.09. The minimum Gasteiger partial charge on any atom is -0.313 e. The highest BCUT2D eigenvalue weighted by Crippen LogP contribution is 2.34. The third-order valence-corrected chi connectivity index (χ3v) is 5.19. The van der Waals surface area contributed by atoms with Crippen molar-refractivity contribution in [3.05, 3.63) is 33.8 Å². The Morgan fingerprint density at radius 2 is 2.00 bits per heavy atom. The number of halogens is 1. The first kappa shape index (κ1) is 14.1. The molecule has 0 aliphatic heterocycles. The van der Waals surface area contributed by atoms with Crippen LogP contribution in [0.5, 0.6) is 0 Å². The fourth-order valence-electron chi connectivity index (χ4n) is 3.16. The van der Waals surface area contributed by atoms with E-state index in [9.17, 15) is 0 Å². The van der Waals surface area contributed by atoms with E-state index in [-0.39, 0.29) is 0 Å². The molecule has 0 amide bonds. The van der Waals surface area contributed by atoms with Crippen LogP contribution in [-0.2, 0) is 0 Å². The van der Waals surface area contributed by atoms with Crippen LogP contribution in [0.1, 0.15) is 55.7 Å². The first-order valence-electron chi connectivity index (χ1n) is 7.14. The number of hydrogen-bond donors (Lipinski definition) is 1. The molecule has 1 nitrogen and oxygen atoms in total. The van der Waals surface area contributed by atoms with Crippen LogP contribution < -0.4 is 5.32 Å². The van der Waals surface area contributed by atoms with Crippen LogP contribution in [0.25, 0.3) is 0 Å². The first-order chi connectivity index (χ1) is 8.72. The topological polar surface area (TPSA) is 12.0 Å². The molecule has 1 aromatic carbocycles. The molecule has 1 aromatic rings. The Hall–Kier alpha value is -0.340. The maximum Gasteiger partial charge on any atom is 0.0323 e. The van der Waals surface area contributed by atoms with E-state index in [0.29, 0.717) is 6.04 Å². The normalized spacial score (nSPS) is 18.8. The number of nitrogens with one attached hydrogen (secondary N) is 1. The average Bonchev–Trinajstić information content (AvgIpc) is 2.41. The van der Waals surface area contributed by atoms with Crippen molar-refractivity contribution in [3.8, 4) is 0 Å². The van der Waals surface area contributed by atoms with E-state index in [1.807, 2.05) is 0 Å². The molecule has 2 rings (SSSR count). The van der Waals surface area contributed by atoms with Gasteiger partial charge in [-0.2, -0.15) is 0 Å². The van der Waals surface area contributed by atoms with Crippen molar-refractivity contribution in [2.45, 2.75) is 51.5 Å². The van der Waals surface area contributed by atoms with Crippen LogP contribution in [0.2, 0.25) is 0 Å². The zero-order valence-electron chi connectivity index (χ0n) is 11.5. The second-order valence-electron chi connectivity index (χ2n) is 5.54. The SMILES string of the molecule is CNC(CC1CCCCC1)c1cccc(Br)c1C. The molecule has 0 aromatic heterocycles. The van der Waals surface area contributed by atoms with Gasteiger partial charge in [-0.3, -0.25) is 0 Å². The van der Waals surface area contributed by atoms with Gasteiger partial charge in [-0.15, -0.1) is 0 Å². The molecule has 1 saturated carbocycles. The van der Waals surface area contributed by atoms with Gasteiger partial charge >= 0.3 is 0 Å². The molecule has 0 saturated heterocycles. The summed E-state index contributed by atoms with van der Waals surface area (Å²) in [6.45, 7) is 2.21. The Labute approximate surface area is 119 Å². The summed E-state index contributed by atoms with van der Waals surface area (Å²) < 4.78 is 1.23. The summed E-state index contributed by atoms with van der Waals surface area (Å²) in [6, 6.07) is 7.05. The van der Waals surface area contributed by atoms with Gasteiger partial charge in [0.2, 0.25) is 0 Å². The monoisotopic (exact) mass is 309 g/mol. The van der Waals surface area contributed by atoms with Crippen LogP contribution in [0.3, 0.4) is 0 Å². The van der Waals surface area contributed by atoms with Crippen molar-refractivity contribution in [1.82, 2.24) is 5.32 Å². The minimum atomic E-state index is 0.505. The summed E-state index contributed by atoms with van der Waals surface area (Å²) in [5, 5.41) is 3.51. The van der Waals surface area contributed by atoms with Gasteiger partial charge in [0.25, 0.3) is 0 Å². The lowest BCUT2D eigenvalue weighted by Gasteiger charge is -2.27. The van der Waals surface area contributed by atoms with E-state index in [1.165, 1.54) is 54.1 Å². The van der Waals surface area contributed by atoms with Gasteiger partial charge in [-0.05, 0) is 43.5 Å². The van der Waals surface area contributed by atoms with Gasteiger partial charge in [0, 0.05) is 10.5 Å². The molecule has 18 heavy (non-hydrogen) atoms. The van der Waals surface area contributed by atoms with Crippen LogP contribution in [-0.4, -0.2) is 7.05 Å². The van der Waals surface area contributed by atoms with E-state index in [2.05, 4.69) is 53.4 Å². The summed E-state index contributed by atoms with van der Waals surface area (Å²) in [5.41, 5.74) is 2.84. The van der Waals surface area contributed by atoms with Crippen molar-refractivity contribution in [2.75, 3.05) is 7.05 Å². The van der Waals surface area contributed by atoms with Crippen LogP contribution in [0.4, 0.5) is 0 Å². The van der Waals surface area contributed by atoms with E-state index in [0.717, 1.165) is 5.92 Å². The zero-order chi connectivity index (χ0) is 13.0. The van der Waals surface area contributed by atoms with Crippen molar-refractivity contribution in [3.63, 3.8) is 0 Å². The molecule has 0 bridgehead atoms. The van der Waals surface area contributed by atoms with Gasteiger partial charge in [-0.25, -0.2) is 0 Å². The maximum atomic E-state index is 3.64. The third-order valence-electron chi connectivity index (χ3n) is 4.33. The Kier molecular flexibility index (Phi) is 5.25. The van der Waals surface area contributed by atoms with Gasteiger partial charge < -0.3 is 5.32 Å². The standard InChI is InChI=1S/C16H24BrN/c1-12-14(9-6-10-15(12)17)16(18-2)11-13-7-4-3-5-8-13/h6,9-10,13,16,18H,3-5,7-8,11H2,1-2H3. The Bertz CT molecular complexity index is 383. The highest BCUT2D eigenvalue weighted by molar-refractivity contribution is 9.10. The molecule has 0 radical (unpaired) electrons. The minimum absolute atomic E-state index is 0.505. The molecular formula is C16H24BrN. The number of rotatable bonds is 4. The third kappa shape index (κ3) is 3.36. The van der Waals surface area contributed by atoms with E-state index in [4.69, 9.17) is 0 Å².